The maximum absolute atomic E-state index is 12.8. The van der Waals surface area contributed by atoms with Gasteiger partial charge in [-0.1, -0.05) is 6.92 Å². The predicted molar refractivity (Wildman–Crippen MR) is 78.2 cm³/mol. The molecule has 1 atom stereocenters. The highest BCUT2D eigenvalue weighted by Crippen LogP contribution is 2.11. The molecule has 1 saturated heterocycles. The summed E-state index contributed by atoms with van der Waals surface area (Å²) in [5.41, 5.74) is 0.634. The van der Waals surface area contributed by atoms with Crippen LogP contribution in [0.1, 0.15) is 19.8 Å². The lowest BCUT2D eigenvalue weighted by atomic mass is 10.1. The molecular weight excluding hydrogens is 257 g/mol. The van der Waals surface area contributed by atoms with Gasteiger partial charge < -0.3 is 10.6 Å². The van der Waals surface area contributed by atoms with E-state index in [0.29, 0.717) is 18.3 Å². The Hall–Kier alpha value is -1.46. The van der Waals surface area contributed by atoms with Crippen LogP contribution in [-0.2, 0) is 4.79 Å². The Kier molecular flexibility index (Phi) is 5.49. The number of rotatable bonds is 5. The third-order valence-corrected chi connectivity index (χ3v) is 3.67. The lowest BCUT2D eigenvalue weighted by molar-refractivity contribution is -0.117. The smallest absolute Gasteiger partial charge is 0.238 e. The van der Waals surface area contributed by atoms with Gasteiger partial charge in [0.1, 0.15) is 5.82 Å². The van der Waals surface area contributed by atoms with Gasteiger partial charge in [0, 0.05) is 18.3 Å². The molecule has 1 aromatic carbocycles. The summed E-state index contributed by atoms with van der Waals surface area (Å²) in [6.45, 7) is 5.30. The van der Waals surface area contributed by atoms with Crippen LogP contribution >= 0.6 is 0 Å². The number of anilines is 1. The van der Waals surface area contributed by atoms with E-state index in [0.717, 1.165) is 32.5 Å². The Bertz CT molecular complexity index is 429. The van der Waals surface area contributed by atoms with Crippen molar-refractivity contribution < 1.29 is 9.18 Å². The molecular formula is C15H22FN3O. The average molecular weight is 279 g/mol. The molecule has 20 heavy (non-hydrogen) atoms. The second-order valence-electron chi connectivity index (χ2n) is 5.12. The van der Waals surface area contributed by atoms with Crippen molar-refractivity contribution in [2.24, 2.45) is 0 Å². The Morgan fingerprint density at radius 3 is 2.80 bits per heavy atom. The van der Waals surface area contributed by atoms with Crippen molar-refractivity contribution in [1.82, 2.24) is 10.2 Å². The Morgan fingerprint density at radius 1 is 1.45 bits per heavy atom. The largest absolute Gasteiger partial charge is 0.325 e. The van der Waals surface area contributed by atoms with Gasteiger partial charge in [-0.15, -0.1) is 0 Å². The highest BCUT2D eigenvalue weighted by atomic mass is 19.1. The minimum absolute atomic E-state index is 0.0518. The first-order valence-electron chi connectivity index (χ1n) is 7.19. The number of amides is 1. The summed E-state index contributed by atoms with van der Waals surface area (Å²) < 4.78 is 12.8. The van der Waals surface area contributed by atoms with Gasteiger partial charge in [0.25, 0.3) is 0 Å². The van der Waals surface area contributed by atoms with Crippen molar-refractivity contribution in [3.63, 3.8) is 0 Å². The van der Waals surface area contributed by atoms with Crippen molar-refractivity contribution in [2.75, 3.05) is 31.5 Å². The van der Waals surface area contributed by atoms with Gasteiger partial charge in [0.15, 0.2) is 0 Å². The number of piperidine rings is 1. The number of benzene rings is 1. The van der Waals surface area contributed by atoms with Crippen LogP contribution in [0, 0.1) is 5.82 Å². The van der Waals surface area contributed by atoms with Crippen molar-refractivity contribution in [2.45, 2.75) is 25.8 Å². The van der Waals surface area contributed by atoms with Gasteiger partial charge in [0.2, 0.25) is 5.91 Å². The van der Waals surface area contributed by atoms with Crippen LogP contribution in [0.5, 0.6) is 0 Å². The van der Waals surface area contributed by atoms with Crippen LogP contribution in [0.2, 0.25) is 0 Å². The molecule has 0 saturated carbocycles. The molecule has 5 heteroatoms. The van der Waals surface area contributed by atoms with Crippen molar-refractivity contribution in [3.05, 3.63) is 30.1 Å². The number of halogens is 1. The third kappa shape index (κ3) is 4.28. The van der Waals surface area contributed by atoms with Crippen LogP contribution in [0.15, 0.2) is 24.3 Å². The van der Waals surface area contributed by atoms with E-state index >= 15 is 0 Å². The molecule has 1 unspecified atom stereocenters. The molecule has 0 aromatic heterocycles. The molecule has 2 N–H and O–H groups in total. The van der Waals surface area contributed by atoms with Crippen LogP contribution < -0.4 is 10.6 Å². The molecule has 1 amide bonds. The first kappa shape index (κ1) is 14.9. The fraction of sp³-hybridized carbons (Fsp3) is 0.533. The molecule has 2 rings (SSSR count). The minimum atomic E-state index is -0.300. The zero-order chi connectivity index (χ0) is 14.4. The Balaban J connectivity index is 1.86. The lowest BCUT2D eigenvalue weighted by Gasteiger charge is -2.33. The van der Waals surface area contributed by atoms with Crippen LogP contribution in [0.4, 0.5) is 10.1 Å². The fourth-order valence-electron chi connectivity index (χ4n) is 2.56. The summed E-state index contributed by atoms with van der Waals surface area (Å²) in [6.07, 6.45) is 2.28. The molecule has 1 heterocycles. The van der Waals surface area contributed by atoms with Gasteiger partial charge >= 0.3 is 0 Å². The van der Waals surface area contributed by atoms with Crippen LogP contribution in [0.3, 0.4) is 0 Å². The summed E-state index contributed by atoms with van der Waals surface area (Å²) in [6, 6.07) is 6.26. The van der Waals surface area contributed by atoms with E-state index in [1.54, 1.807) is 12.1 Å². The van der Waals surface area contributed by atoms with E-state index in [2.05, 4.69) is 22.5 Å². The number of carbonyl (C=O) groups is 1. The van der Waals surface area contributed by atoms with Gasteiger partial charge in [-0.25, -0.2) is 4.39 Å². The molecule has 110 valence electrons. The quantitative estimate of drug-likeness (QED) is 0.864. The highest BCUT2D eigenvalue weighted by Gasteiger charge is 2.21. The Labute approximate surface area is 119 Å². The van der Waals surface area contributed by atoms with E-state index in [-0.39, 0.29) is 11.7 Å². The van der Waals surface area contributed by atoms with Gasteiger partial charge in [0.05, 0.1) is 6.54 Å². The first-order valence-corrected chi connectivity index (χ1v) is 7.19. The number of carbonyl (C=O) groups excluding carboxylic acids is 1. The molecule has 1 aromatic rings. The van der Waals surface area contributed by atoms with E-state index in [9.17, 15) is 9.18 Å². The van der Waals surface area contributed by atoms with Crippen LogP contribution in [-0.4, -0.2) is 43.0 Å². The molecule has 0 radical (unpaired) electrons. The van der Waals surface area contributed by atoms with Crippen molar-refractivity contribution in [1.29, 1.82) is 0 Å². The van der Waals surface area contributed by atoms with E-state index in [1.165, 1.54) is 12.1 Å². The summed E-state index contributed by atoms with van der Waals surface area (Å²) in [5.74, 6) is -0.351. The molecule has 1 aliphatic heterocycles. The third-order valence-electron chi connectivity index (χ3n) is 3.67. The molecule has 1 fully saturated rings. The number of likely N-dealkylation sites (N-methyl/N-ethyl adjacent to an activating group) is 1. The van der Waals surface area contributed by atoms with Crippen molar-refractivity contribution in [3.8, 4) is 0 Å². The highest BCUT2D eigenvalue weighted by molar-refractivity contribution is 5.92. The maximum atomic E-state index is 12.8. The number of hydrogen-bond donors (Lipinski definition) is 2. The second kappa shape index (κ2) is 7.36. The topological polar surface area (TPSA) is 44.4 Å². The zero-order valence-electron chi connectivity index (χ0n) is 11.9. The summed E-state index contributed by atoms with van der Waals surface area (Å²) in [5, 5.41) is 6.17. The SMILES string of the molecule is CCN(CC(=O)Nc1ccc(F)cc1)C1CCCNC1. The van der Waals surface area contributed by atoms with Crippen molar-refractivity contribution >= 4 is 11.6 Å². The number of nitrogens with zero attached hydrogens (tertiary/aromatic N) is 1. The minimum Gasteiger partial charge on any atom is -0.325 e. The lowest BCUT2D eigenvalue weighted by Crippen LogP contribution is -2.48. The molecule has 4 nitrogen and oxygen atoms in total. The zero-order valence-corrected chi connectivity index (χ0v) is 11.9. The standard InChI is InChI=1S/C15H22FN3O/c1-2-19(14-4-3-9-17-10-14)11-15(20)18-13-7-5-12(16)6-8-13/h5-8,14,17H,2-4,9-11H2,1H3,(H,18,20). The monoisotopic (exact) mass is 279 g/mol. The van der Waals surface area contributed by atoms with E-state index in [1.807, 2.05) is 0 Å². The van der Waals surface area contributed by atoms with Gasteiger partial charge in [-0.3, -0.25) is 9.69 Å². The molecule has 0 aliphatic carbocycles. The van der Waals surface area contributed by atoms with Gasteiger partial charge in [-0.2, -0.15) is 0 Å². The molecule has 0 spiro atoms. The number of nitrogens with one attached hydrogen (secondary N) is 2. The Morgan fingerprint density at radius 2 is 2.20 bits per heavy atom. The second-order valence-corrected chi connectivity index (χ2v) is 5.12. The summed E-state index contributed by atoms with van der Waals surface area (Å²) in [7, 11) is 0. The predicted octanol–water partition coefficient (Wildman–Crippen LogP) is 1.84. The molecule has 1 aliphatic rings. The molecule has 0 bridgehead atoms. The number of hydrogen-bond acceptors (Lipinski definition) is 3. The van der Waals surface area contributed by atoms with E-state index in [4.69, 9.17) is 0 Å². The van der Waals surface area contributed by atoms with Gasteiger partial charge in [-0.05, 0) is 50.2 Å². The van der Waals surface area contributed by atoms with E-state index < -0.39 is 0 Å². The normalized spacial score (nSPS) is 19.1. The summed E-state index contributed by atoms with van der Waals surface area (Å²) >= 11 is 0. The maximum Gasteiger partial charge on any atom is 0.238 e. The van der Waals surface area contributed by atoms with Crippen LogP contribution in [0.25, 0.3) is 0 Å². The summed E-state index contributed by atoms with van der Waals surface area (Å²) in [4.78, 5) is 14.2. The average Bonchev–Trinajstić information content (AvgIpc) is 2.48. The first-order chi connectivity index (χ1) is 9.69. The fourth-order valence-corrected chi connectivity index (χ4v) is 2.56.